The molecule has 5 rings (SSSR count). The molecule has 0 amide bonds. The van der Waals surface area contributed by atoms with E-state index in [9.17, 15) is 8.42 Å². The number of benzene rings is 1. The highest BCUT2D eigenvalue weighted by atomic mass is 32.2. The predicted molar refractivity (Wildman–Crippen MR) is 133 cm³/mol. The summed E-state index contributed by atoms with van der Waals surface area (Å²) >= 11 is 1.40. The maximum Gasteiger partial charge on any atom is 0.227 e. The standard InChI is InChI=1S/C22H25N7O5S2/c1-13-11-25-21(34-13)14-9-15-16(33-7-6-32-15)10-17(14)35-22-28-18-19(23)26-12-27-20(18)29(22)5-3-2-4-8-36(24,30)31/h9-12H,2-8H2,1H3,(H2,23,26,27)(H2,24,30,31). The Morgan fingerprint density at radius 1 is 1.08 bits per heavy atom. The van der Waals surface area contributed by atoms with Crippen molar-refractivity contribution in [3.8, 4) is 23.0 Å². The Hall–Kier alpha value is -3.36. The molecular formula is C22H25N7O5S2. The summed E-state index contributed by atoms with van der Waals surface area (Å²) in [6, 6.07) is 3.75. The van der Waals surface area contributed by atoms with E-state index in [4.69, 9.17) is 29.7 Å². The molecule has 3 aromatic heterocycles. The van der Waals surface area contributed by atoms with Gasteiger partial charge >= 0.3 is 0 Å². The summed E-state index contributed by atoms with van der Waals surface area (Å²) in [7, 11) is -3.48. The highest BCUT2D eigenvalue weighted by Gasteiger charge is 2.23. The first-order valence-corrected chi connectivity index (χ1v) is 13.8. The molecule has 1 aliphatic heterocycles. The number of hydrogen-bond donors (Lipinski definition) is 2. The van der Waals surface area contributed by atoms with Gasteiger partial charge in [0.2, 0.25) is 15.9 Å². The molecule has 14 heteroatoms. The smallest absolute Gasteiger partial charge is 0.227 e. The minimum Gasteiger partial charge on any atom is -0.486 e. The number of aromatic nitrogens is 5. The van der Waals surface area contributed by atoms with E-state index in [1.54, 1.807) is 6.20 Å². The topological polar surface area (TPSA) is 174 Å². The van der Waals surface area contributed by atoms with Crippen LogP contribution >= 0.6 is 11.8 Å². The van der Waals surface area contributed by atoms with Crippen LogP contribution in [0.4, 0.5) is 5.82 Å². The van der Waals surface area contributed by atoms with Gasteiger partial charge in [-0.2, -0.15) is 0 Å². The average Bonchev–Trinajstić information content (AvgIpc) is 3.42. The highest BCUT2D eigenvalue weighted by Crippen LogP contribution is 2.44. The second kappa shape index (κ2) is 9.95. The summed E-state index contributed by atoms with van der Waals surface area (Å²) in [4.78, 5) is 18.4. The van der Waals surface area contributed by atoms with Crippen LogP contribution in [0.1, 0.15) is 25.0 Å². The zero-order chi connectivity index (χ0) is 25.3. The molecule has 0 fully saturated rings. The van der Waals surface area contributed by atoms with E-state index in [2.05, 4.69) is 15.0 Å². The SMILES string of the molecule is Cc1cnc(-c2cc3c(cc2Sc2nc4c(N)ncnc4n2CCCCCS(N)(=O)=O)OCCO3)o1. The fourth-order valence-corrected chi connectivity index (χ4v) is 5.51. The number of nitrogen functional groups attached to an aromatic ring is 1. The van der Waals surface area contributed by atoms with E-state index >= 15 is 0 Å². The van der Waals surface area contributed by atoms with Crippen LogP contribution in [0.5, 0.6) is 11.5 Å². The van der Waals surface area contributed by atoms with Gasteiger partial charge < -0.3 is 24.2 Å². The third-order valence-electron chi connectivity index (χ3n) is 5.53. The number of nitrogens with two attached hydrogens (primary N) is 2. The Kier molecular flexibility index (Phi) is 6.73. The van der Waals surface area contributed by atoms with Gasteiger partial charge in [-0.1, -0.05) is 18.2 Å². The molecule has 0 saturated carbocycles. The minimum atomic E-state index is -3.48. The lowest BCUT2D eigenvalue weighted by molar-refractivity contribution is 0.171. The summed E-state index contributed by atoms with van der Waals surface area (Å²) in [6.45, 7) is 3.30. The number of nitrogens with zero attached hydrogens (tertiary/aromatic N) is 5. The second-order valence-electron chi connectivity index (χ2n) is 8.27. The highest BCUT2D eigenvalue weighted by molar-refractivity contribution is 7.99. The maximum absolute atomic E-state index is 11.2. The zero-order valence-electron chi connectivity index (χ0n) is 19.5. The van der Waals surface area contributed by atoms with E-state index in [1.165, 1.54) is 18.1 Å². The lowest BCUT2D eigenvalue weighted by atomic mass is 10.2. The number of sulfonamides is 1. The van der Waals surface area contributed by atoms with Crippen LogP contribution in [0.3, 0.4) is 0 Å². The van der Waals surface area contributed by atoms with Crippen molar-refractivity contribution >= 4 is 38.8 Å². The number of aryl methyl sites for hydroxylation is 2. The number of primary sulfonamides is 1. The fraction of sp³-hybridized carbons (Fsp3) is 0.364. The molecule has 190 valence electrons. The van der Waals surface area contributed by atoms with Gasteiger partial charge in [0.05, 0.1) is 17.5 Å². The van der Waals surface area contributed by atoms with E-state index in [0.29, 0.717) is 78.5 Å². The first-order valence-electron chi connectivity index (χ1n) is 11.3. The normalized spacial score (nSPS) is 13.4. The third-order valence-corrected chi connectivity index (χ3v) is 7.44. The molecule has 4 heterocycles. The lowest BCUT2D eigenvalue weighted by Crippen LogP contribution is -2.16. The minimum absolute atomic E-state index is 0.0511. The molecule has 0 unspecified atom stereocenters. The Labute approximate surface area is 211 Å². The number of ether oxygens (including phenoxy) is 2. The van der Waals surface area contributed by atoms with Crippen molar-refractivity contribution < 1.29 is 22.3 Å². The third kappa shape index (κ3) is 5.24. The van der Waals surface area contributed by atoms with Gasteiger partial charge in [-0.25, -0.2) is 33.5 Å². The zero-order valence-corrected chi connectivity index (χ0v) is 21.1. The van der Waals surface area contributed by atoms with Crippen molar-refractivity contribution in [2.75, 3.05) is 24.7 Å². The summed E-state index contributed by atoms with van der Waals surface area (Å²) in [6.07, 6.45) is 4.90. The van der Waals surface area contributed by atoms with Crippen LogP contribution in [-0.2, 0) is 16.6 Å². The number of hydrogen-bond acceptors (Lipinski definition) is 11. The molecule has 0 radical (unpaired) electrons. The molecule has 0 spiro atoms. The largest absolute Gasteiger partial charge is 0.486 e. The van der Waals surface area contributed by atoms with Crippen molar-refractivity contribution in [2.45, 2.75) is 42.8 Å². The van der Waals surface area contributed by atoms with Gasteiger partial charge in [0.1, 0.15) is 25.3 Å². The van der Waals surface area contributed by atoms with Crippen LogP contribution in [0.25, 0.3) is 22.6 Å². The Bertz CT molecular complexity index is 1520. The Balaban J connectivity index is 1.50. The van der Waals surface area contributed by atoms with Crippen LogP contribution in [-0.4, -0.2) is 51.9 Å². The number of fused-ring (bicyclic) bond motifs is 2. The van der Waals surface area contributed by atoms with Gasteiger partial charge in [-0.3, -0.25) is 0 Å². The van der Waals surface area contributed by atoms with Crippen molar-refractivity contribution in [3.63, 3.8) is 0 Å². The first kappa shape index (κ1) is 24.3. The van der Waals surface area contributed by atoms with Gasteiger partial charge in [0.15, 0.2) is 33.6 Å². The van der Waals surface area contributed by atoms with E-state index < -0.39 is 10.0 Å². The molecule has 4 N–H and O–H groups in total. The van der Waals surface area contributed by atoms with Gasteiger partial charge in [0.25, 0.3) is 0 Å². The molecule has 0 saturated heterocycles. The summed E-state index contributed by atoms with van der Waals surface area (Å²) in [5.74, 6) is 2.61. The molecule has 4 aromatic rings. The predicted octanol–water partition coefficient (Wildman–Crippen LogP) is 2.75. The van der Waals surface area contributed by atoms with Crippen molar-refractivity contribution in [3.05, 3.63) is 30.4 Å². The molecule has 12 nitrogen and oxygen atoms in total. The van der Waals surface area contributed by atoms with E-state index in [1.807, 2.05) is 23.6 Å². The molecule has 0 atom stereocenters. The van der Waals surface area contributed by atoms with Gasteiger partial charge in [-0.05, 0) is 31.9 Å². The van der Waals surface area contributed by atoms with Gasteiger partial charge in [-0.15, -0.1) is 0 Å². The Morgan fingerprint density at radius 2 is 1.86 bits per heavy atom. The van der Waals surface area contributed by atoms with Crippen molar-refractivity contribution in [1.82, 2.24) is 24.5 Å². The fourth-order valence-electron chi connectivity index (χ4n) is 3.86. The summed E-state index contributed by atoms with van der Waals surface area (Å²) in [5.41, 5.74) is 7.93. The molecule has 1 aromatic carbocycles. The lowest BCUT2D eigenvalue weighted by Gasteiger charge is -2.20. The second-order valence-corrected chi connectivity index (χ2v) is 11.0. The number of anilines is 1. The van der Waals surface area contributed by atoms with Crippen LogP contribution in [0.15, 0.2) is 39.1 Å². The maximum atomic E-state index is 11.2. The van der Waals surface area contributed by atoms with Gasteiger partial charge in [0, 0.05) is 11.4 Å². The first-order chi connectivity index (χ1) is 17.3. The summed E-state index contributed by atoms with van der Waals surface area (Å²) in [5, 5.41) is 5.76. The number of imidazole rings is 1. The van der Waals surface area contributed by atoms with E-state index in [0.717, 1.165) is 10.5 Å². The average molecular weight is 532 g/mol. The van der Waals surface area contributed by atoms with Crippen LogP contribution in [0, 0.1) is 6.92 Å². The van der Waals surface area contributed by atoms with E-state index in [-0.39, 0.29) is 11.6 Å². The molecule has 1 aliphatic rings. The molecular weight excluding hydrogens is 506 g/mol. The van der Waals surface area contributed by atoms with Crippen molar-refractivity contribution in [1.29, 1.82) is 0 Å². The molecule has 0 bridgehead atoms. The monoisotopic (exact) mass is 531 g/mol. The Morgan fingerprint density at radius 3 is 2.58 bits per heavy atom. The number of oxazole rings is 1. The molecule has 36 heavy (non-hydrogen) atoms. The number of rotatable bonds is 9. The summed E-state index contributed by atoms with van der Waals surface area (Å²) < 4.78 is 41.8. The molecule has 0 aliphatic carbocycles. The quantitative estimate of drug-likeness (QED) is 0.304. The van der Waals surface area contributed by atoms with Crippen LogP contribution < -0.4 is 20.3 Å². The number of unbranched alkanes of at least 4 members (excludes halogenated alkanes) is 2. The van der Waals surface area contributed by atoms with Crippen LogP contribution in [0.2, 0.25) is 0 Å². The van der Waals surface area contributed by atoms with Crippen molar-refractivity contribution in [2.24, 2.45) is 5.14 Å².